The van der Waals surface area contributed by atoms with E-state index in [1.54, 1.807) is 19.2 Å². The normalized spacial score (nSPS) is 9.73. The number of nitrogens with zero attached hydrogens (tertiary/aromatic N) is 1. The van der Waals surface area contributed by atoms with Crippen LogP contribution in [0.5, 0.6) is 0 Å². The van der Waals surface area contributed by atoms with Gasteiger partial charge in [-0.05, 0) is 13.0 Å². The van der Waals surface area contributed by atoms with Crippen LogP contribution in [0, 0.1) is 0 Å². The molecule has 0 atom stereocenters. The van der Waals surface area contributed by atoms with Gasteiger partial charge in [0.2, 0.25) is 0 Å². The van der Waals surface area contributed by atoms with Crippen LogP contribution in [-0.4, -0.2) is 35.8 Å². The predicted molar refractivity (Wildman–Crippen MR) is 55.8 cm³/mol. The van der Waals surface area contributed by atoms with Gasteiger partial charge in [0.25, 0.3) is 0 Å². The van der Waals surface area contributed by atoms with E-state index in [9.17, 15) is 4.79 Å². The van der Waals surface area contributed by atoms with E-state index in [2.05, 4.69) is 10.3 Å². The molecule has 1 aromatic heterocycles. The van der Waals surface area contributed by atoms with Crippen molar-refractivity contribution in [2.45, 2.75) is 6.92 Å². The van der Waals surface area contributed by atoms with E-state index < -0.39 is 5.97 Å². The zero-order valence-corrected chi connectivity index (χ0v) is 8.56. The molecular weight excluding hydrogens is 196 g/mol. The minimum Gasteiger partial charge on any atom is -0.462 e. The third kappa shape index (κ3) is 3.55. The largest absolute Gasteiger partial charge is 0.462 e. The Hall–Kier alpha value is -1.62. The molecule has 0 aliphatic rings. The van der Waals surface area contributed by atoms with Gasteiger partial charge >= 0.3 is 5.97 Å². The molecule has 0 unspecified atom stereocenters. The summed E-state index contributed by atoms with van der Waals surface area (Å²) < 4.78 is 4.83. The van der Waals surface area contributed by atoms with E-state index in [1.165, 1.54) is 6.20 Å². The molecular formula is C10H14N2O3. The lowest BCUT2D eigenvalue weighted by molar-refractivity contribution is 0.0526. The summed E-state index contributed by atoms with van der Waals surface area (Å²) in [7, 11) is 0. The van der Waals surface area contributed by atoms with Crippen LogP contribution in [-0.2, 0) is 4.74 Å². The fourth-order valence-electron chi connectivity index (χ4n) is 1.06. The molecule has 0 saturated carbocycles. The molecule has 0 fully saturated rings. The van der Waals surface area contributed by atoms with Gasteiger partial charge in [-0.3, -0.25) is 4.98 Å². The molecule has 1 heterocycles. The molecule has 5 heteroatoms. The van der Waals surface area contributed by atoms with Crippen molar-refractivity contribution in [2.75, 3.05) is 25.1 Å². The predicted octanol–water partition coefficient (Wildman–Crippen LogP) is 0.662. The van der Waals surface area contributed by atoms with Crippen molar-refractivity contribution in [1.29, 1.82) is 0 Å². The van der Waals surface area contributed by atoms with Gasteiger partial charge < -0.3 is 15.2 Å². The molecule has 0 saturated heterocycles. The number of pyridine rings is 1. The Morgan fingerprint density at radius 3 is 3.07 bits per heavy atom. The number of esters is 1. The van der Waals surface area contributed by atoms with Crippen molar-refractivity contribution in [1.82, 2.24) is 4.98 Å². The average Bonchev–Trinajstić information content (AvgIpc) is 2.27. The summed E-state index contributed by atoms with van der Waals surface area (Å²) in [5.74, 6) is -0.391. The Balaban J connectivity index is 2.69. The van der Waals surface area contributed by atoms with Gasteiger partial charge in [-0.25, -0.2) is 4.79 Å². The highest BCUT2D eigenvalue weighted by molar-refractivity contribution is 5.90. The number of aliphatic hydroxyl groups is 1. The van der Waals surface area contributed by atoms with Crippen molar-refractivity contribution in [2.24, 2.45) is 0 Å². The van der Waals surface area contributed by atoms with Crippen LogP contribution in [0.15, 0.2) is 18.5 Å². The zero-order valence-electron chi connectivity index (χ0n) is 8.56. The average molecular weight is 210 g/mol. The molecule has 0 aromatic carbocycles. The van der Waals surface area contributed by atoms with Crippen molar-refractivity contribution in [3.05, 3.63) is 24.0 Å². The standard InChI is InChI=1S/C10H14N2O3/c1-2-15-10(14)8-5-9(7-11-6-8)12-3-4-13/h5-7,12-13H,2-4H2,1H3. The number of nitrogens with one attached hydrogen (secondary N) is 1. The highest BCUT2D eigenvalue weighted by Crippen LogP contribution is 2.08. The number of carbonyl (C=O) groups is 1. The lowest BCUT2D eigenvalue weighted by atomic mass is 10.2. The van der Waals surface area contributed by atoms with Crippen molar-refractivity contribution in [3.8, 4) is 0 Å². The minimum atomic E-state index is -0.391. The summed E-state index contributed by atoms with van der Waals surface area (Å²) in [6.07, 6.45) is 3.03. The fraction of sp³-hybridized carbons (Fsp3) is 0.400. The van der Waals surface area contributed by atoms with Gasteiger partial charge in [-0.2, -0.15) is 0 Å². The minimum absolute atomic E-state index is 0.0314. The first-order valence-electron chi connectivity index (χ1n) is 4.74. The van der Waals surface area contributed by atoms with Crippen LogP contribution in [0.3, 0.4) is 0 Å². The van der Waals surface area contributed by atoms with E-state index in [1.807, 2.05) is 0 Å². The van der Waals surface area contributed by atoms with Gasteiger partial charge in [0.15, 0.2) is 0 Å². The number of rotatable bonds is 5. The summed E-state index contributed by atoms with van der Waals surface area (Å²) in [5, 5.41) is 11.5. The van der Waals surface area contributed by atoms with E-state index in [0.29, 0.717) is 24.4 Å². The first-order chi connectivity index (χ1) is 7.27. The van der Waals surface area contributed by atoms with Gasteiger partial charge in [0, 0.05) is 18.9 Å². The van der Waals surface area contributed by atoms with Gasteiger partial charge in [0.1, 0.15) is 0 Å². The maximum absolute atomic E-state index is 11.3. The molecule has 1 rings (SSSR count). The number of hydrogen-bond donors (Lipinski definition) is 2. The number of hydrogen-bond acceptors (Lipinski definition) is 5. The molecule has 82 valence electrons. The van der Waals surface area contributed by atoms with Crippen LogP contribution in [0.25, 0.3) is 0 Å². The summed E-state index contributed by atoms with van der Waals surface area (Å²) >= 11 is 0. The Bertz CT molecular complexity index is 328. The first-order valence-corrected chi connectivity index (χ1v) is 4.74. The molecule has 0 spiro atoms. The second-order valence-corrected chi connectivity index (χ2v) is 2.83. The molecule has 2 N–H and O–H groups in total. The number of anilines is 1. The SMILES string of the molecule is CCOC(=O)c1cncc(NCCO)c1. The number of ether oxygens (including phenoxy) is 1. The molecule has 15 heavy (non-hydrogen) atoms. The van der Waals surface area contributed by atoms with Crippen molar-refractivity contribution in [3.63, 3.8) is 0 Å². The Morgan fingerprint density at radius 2 is 2.40 bits per heavy atom. The second kappa shape index (κ2) is 5.98. The topological polar surface area (TPSA) is 71.5 Å². The number of aliphatic hydroxyl groups excluding tert-OH is 1. The third-order valence-electron chi connectivity index (χ3n) is 1.69. The van der Waals surface area contributed by atoms with Gasteiger partial charge in [0.05, 0.1) is 24.5 Å². The smallest absolute Gasteiger partial charge is 0.339 e. The molecule has 1 aromatic rings. The molecule has 0 bridgehead atoms. The summed E-state index contributed by atoms with van der Waals surface area (Å²) in [6.45, 7) is 2.55. The summed E-state index contributed by atoms with van der Waals surface area (Å²) in [4.78, 5) is 15.2. The van der Waals surface area contributed by atoms with Crippen LogP contribution in [0.2, 0.25) is 0 Å². The van der Waals surface area contributed by atoms with Crippen LogP contribution in [0.4, 0.5) is 5.69 Å². The summed E-state index contributed by atoms with van der Waals surface area (Å²) in [6, 6.07) is 1.64. The Morgan fingerprint density at radius 1 is 1.60 bits per heavy atom. The number of aromatic nitrogens is 1. The quantitative estimate of drug-likeness (QED) is 0.699. The third-order valence-corrected chi connectivity index (χ3v) is 1.69. The van der Waals surface area contributed by atoms with Gasteiger partial charge in [-0.1, -0.05) is 0 Å². The van der Waals surface area contributed by atoms with Crippen molar-refractivity contribution < 1.29 is 14.6 Å². The molecule has 0 radical (unpaired) electrons. The van der Waals surface area contributed by atoms with Gasteiger partial charge in [-0.15, -0.1) is 0 Å². The Labute approximate surface area is 88.1 Å². The zero-order chi connectivity index (χ0) is 11.1. The van der Waals surface area contributed by atoms with Crippen molar-refractivity contribution >= 4 is 11.7 Å². The maximum atomic E-state index is 11.3. The lowest BCUT2D eigenvalue weighted by Gasteiger charge is -2.05. The molecule has 0 amide bonds. The number of carbonyl (C=O) groups excluding carboxylic acids is 1. The monoisotopic (exact) mass is 210 g/mol. The van der Waals surface area contributed by atoms with Crippen LogP contribution in [0.1, 0.15) is 17.3 Å². The molecule has 0 aliphatic heterocycles. The lowest BCUT2D eigenvalue weighted by Crippen LogP contribution is -2.09. The van der Waals surface area contributed by atoms with E-state index >= 15 is 0 Å². The van der Waals surface area contributed by atoms with Crippen LogP contribution < -0.4 is 5.32 Å². The van der Waals surface area contributed by atoms with E-state index in [0.717, 1.165) is 0 Å². The van der Waals surface area contributed by atoms with E-state index in [4.69, 9.17) is 9.84 Å². The highest BCUT2D eigenvalue weighted by atomic mass is 16.5. The Kier molecular flexibility index (Phi) is 4.56. The summed E-state index contributed by atoms with van der Waals surface area (Å²) in [5.41, 5.74) is 1.09. The first kappa shape index (κ1) is 11.5. The maximum Gasteiger partial charge on any atom is 0.339 e. The van der Waals surface area contributed by atoms with E-state index in [-0.39, 0.29) is 6.61 Å². The molecule has 0 aliphatic carbocycles. The van der Waals surface area contributed by atoms with Crippen LogP contribution >= 0.6 is 0 Å². The second-order valence-electron chi connectivity index (χ2n) is 2.83. The fourth-order valence-corrected chi connectivity index (χ4v) is 1.06. The molecule has 5 nitrogen and oxygen atoms in total. The highest BCUT2D eigenvalue weighted by Gasteiger charge is 2.06.